The van der Waals surface area contributed by atoms with Crippen LogP contribution in [0.3, 0.4) is 0 Å². The molecule has 0 aliphatic rings. The molecule has 0 bridgehead atoms. The number of aryl methyl sites for hydroxylation is 2. The fourth-order valence-corrected chi connectivity index (χ4v) is 2.91. The SMILES string of the molecule is Cc1ccc(S(=O)(=O)NC(C)C(=N)N)c(C)c1. The van der Waals surface area contributed by atoms with Gasteiger partial charge in [-0.05, 0) is 32.4 Å². The number of rotatable bonds is 4. The topological polar surface area (TPSA) is 96.0 Å². The van der Waals surface area contributed by atoms with Crippen LogP contribution in [0, 0.1) is 19.3 Å². The minimum absolute atomic E-state index is 0.210. The van der Waals surface area contributed by atoms with E-state index in [1.54, 1.807) is 25.1 Å². The second kappa shape index (κ2) is 4.85. The fraction of sp³-hybridized carbons (Fsp3) is 0.364. The van der Waals surface area contributed by atoms with Gasteiger partial charge in [-0.1, -0.05) is 17.7 Å². The van der Waals surface area contributed by atoms with Crippen molar-refractivity contribution in [3.8, 4) is 0 Å². The van der Waals surface area contributed by atoms with Gasteiger partial charge in [-0.15, -0.1) is 0 Å². The van der Waals surface area contributed by atoms with Gasteiger partial charge in [0.2, 0.25) is 10.0 Å². The Kier molecular flexibility index (Phi) is 3.90. The van der Waals surface area contributed by atoms with E-state index in [1.807, 2.05) is 6.92 Å². The Balaban J connectivity index is 3.10. The molecule has 17 heavy (non-hydrogen) atoms. The molecule has 0 radical (unpaired) electrons. The summed E-state index contributed by atoms with van der Waals surface area (Å²) in [4.78, 5) is 0.219. The van der Waals surface area contributed by atoms with Crippen LogP contribution < -0.4 is 10.5 Å². The zero-order chi connectivity index (χ0) is 13.2. The minimum atomic E-state index is -3.62. The second-order valence-electron chi connectivity index (χ2n) is 4.07. The van der Waals surface area contributed by atoms with Gasteiger partial charge in [-0.2, -0.15) is 0 Å². The van der Waals surface area contributed by atoms with Gasteiger partial charge in [0.15, 0.2) is 0 Å². The Morgan fingerprint density at radius 2 is 2.00 bits per heavy atom. The highest BCUT2D eigenvalue weighted by Gasteiger charge is 2.20. The van der Waals surface area contributed by atoms with E-state index in [0.717, 1.165) is 5.56 Å². The normalized spacial score (nSPS) is 13.4. The van der Waals surface area contributed by atoms with E-state index in [2.05, 4.69) is 4.72 Å². The Labute approximate surface area is 102 Å². The maximum Gasteiger partial charge on any atom is 0.241 e. The van der Waals surface area contributed by atoms with Crippen molar-refractivity contribution in [1.29, 1.82) is 5.41 Å². The predicted octanol–water partition coefficient (Wildman–Crippen LogP) is 0.906. The molecule has 1 atom stereocenters. The summed E-state index contributed by atoms with van der Waals surface area (Å²) in [5.74, 6) is -0.210. The molecule has 4 N–H and O–H groups in total. The third-order valence-corrected chi connectivity index (χ3v) is 4.12. The van der Waals surface area contributed by atoms with Crippen LogP contribution in [0.1, 0.15) is 18.1 Å². The first-order valence-electron chi connectivity index (χ1n) is 5.17. The number of hydrogen-bond donors (Lipinski definition) is 3. The lowest BCUT2D eigenvalue weighted by atomic mass is 10.2. The summed E-state index contributed by atoms with van der Waals surface area (Å²) in [6.45, 7) is 5.17. The van der Waals surface area contributed by atoms with E-state index in [1.165, 1.54) is 6.92 Å². The van der Waals surface area contributed by atoms with Crippen molar-refractivity contribution >= 4 is 15.9 Å². The third kappa shape index (κ3) is 3.28. The molecule has 1 aromatic carbocycles. The number of amidine groups is 1. The van der Waals surface area contributed by atoms with Gasteiger partial charge in [0.1, 0.15) is 5.84 Å². The van der Waals surface area contributed by atoms with E-state index in [4.69, 9.17) is 11.1 Å². The summed E-state index contributed by atoms with van der Waals surface area (Å²) in [5.41, 5.74) is 6.92. The molecule has 0 spiro atoms. The zero-order valence-corrected chi connectivity index (χ0v) is 10.9. The maximum absolute atomic E-state index is 12.0. The van der Waals surface area contributed by atoms with Gasteiger partial charge in [0.05, 0.1) is 10.9 Å². The highest BCUT2D eigenvalue weighted by atomic mass is 32.2. The number of nitrogens with two attached hydrogens (primary N) is 1. The molecule has 1 rings (SSSR count). The summed E-state index contributed by atoms with van der Waals surface area (Å²) in [7, 11) is -3.62. The lowest BCUT2D eigenvalue weighted by Gasteiger charge is -2.14. The molecule has 0 fully saturated rings. The lowest BCUT2D eigenvalue weighted by Crippen LogP contribution is -2.41. The summed E-state index contributed by atoms with van der Waals surface area (Å²) in [6, 6.07) is 4.38. The van der Waals surface area contributed by atoms with Crippen molar-refractivity contribution in [2.75, 3.05) is 0 Å². The number of sulfonamides is 1. The molecule has 5 nitrogen and oxygen atoms in total. The van der Waals surface area contributed by atoms with Crippen molar-refractivity contribution < 1.29 is 8.42 Å². The first-order chi connectivity index (χ1) is 7.74. The molecule has 94 valence electrons. The highest BCUT2D eigenvalue weighted by molar-refractivity contribution is 7.89. The quantitative estimate of drug-likeness (QED) is 0.551. The van der Waals surface area contributed by atoms with Crippen molar-refractivity contribution in [3.63, 3.8) is 0 Å². The lowest BCUT2D eigenvalue weighted by molar-refractivity contribution is 0.577. The maximum atomic E-state index is 12.0. The van der Waals surface area contributed by atoms with Crippen LogP contribution >= 0.6 is 0 Å². The average molecular weight is 255 g/mol. The summed E-state index contributed by atoms with van der Waals surface area (Å²) >= 11 is 0. The van der Waals surface area contributed by atoms with Crippen LogP contribution in [0.15, 0.2) is 23.1 Å². The average Bonchev–Trinajstić information content (AvgIpc) is 2.15. The highest BCUT2D eigenvalue weighted by Crippen LogP contribution is 2.16. The largest absolute Gasteiger partial charge is 0.386 e. The monoisotopic (exact) mass is 255 g/mol. The standard InChI is InChI=1S/C11H17N3O2S/c1-7-4-5-10(8(2)6-7)17(15,16)14-9(3)11(12)13/h4-6,9,14H,1-3H3,(H3,12,13). The van der Waals surface area contributed by atoms with Gasteiger partial charge >= 0.3 is 0 Å². The third-order valence-electron chi connectivity index (χ3n) is 2.42. The van der Waals surface area contributed by atoms with E-state index in [9.17, 15) is 8.42 Å². The van der Waals surface area contributed by atoms with Crippen LogP contribution in [0.25, 0.3) is 0 Å². The number of nitrogens with one attached hydrogen (secondary N) is 2. The van der Waals surface area contributed by atoms with E-state index < -0.39 is 16.1 Å². The van der Waals surface area contributed by atoms with Gasteiger partial charge < -0.3 is 5.73 Å². The first-order valence-corrected chi connectivity index (χ1v) is 6.66. The molecule has 0 aromatic heterocycles. The van der Waals surface area contributed by atoms with E-state index >= 15 is 0 Å². The smallest absolute Gasteiger partial charge is 0.241 e. The molecule has 0 amide bonds. The summed E-state index contributed by atoms with van der Waals surface area (Å²) < 4.78 is 26.4. The Hall–Kier alpha value is -1.40. The minimum Gasteiger partial charge on any atom is -0.386 e. The Morgan fingerprint density at radius 1 is 1.41 bits per heavy atom. The fourth-order valence-electron chi connectivity index (χ4n) is 1.46. The Morgan fingerprint density at radius 3 is 2.47 bits per heavy atom. The van der Waals surface area contributed by atoms with Gasteiger partial charge in [-0.25, -0.2) is 13.1 Å². The molecular formula is C11H17N3O2S. The molecule has 0 aliphatic heterocycles. The van der Waals surface area contributed by atoms with Crippen molar-refractivity contribution in [3.05, 3.63) is 29.3 Å². The molecule has 1 unspecified atom stereocenters. The van der Waals surface area contributed by atoms with Gasteiger partial charge in [0, 0.05) is 0 Å². The molecule has 0 aliphatic carbocycles. The van der Waals surface area contributed by atoms with E-state index in [-0.39, 0.29) is 10.7 Å². The van der Waals surface area contributed by atoms with Crippen LogP contribution in [0.4, 0.5) is 0 Å². The number of hydrogen-bond acceptors (Lipinski definition) is 3. The van der Waals surface area contributed by atoms with Crippen molar-refractivity contribution in [2.24, 2.45) is 5.73 Å². The van der Waals surface area contributed by atoms with E-state index in [0.29, 0.717) is 5.56 Å². The second-order valence-corrected chi connectivity index (χ2v) is 5.75. The van der Waals surface area contributed by atoms with Crippen LogP contribution in [-0.2, 0) is 10.0 Å². The van der Waals surface area contributed by atoms with Gasteiger partial charge in [-0.3, -0.25) is 5.41 Å². The summed E-state index contributed by atoms with van der Waals surface area (Å²) in [6.07, 6.45) is 0. The number of benzene rings is 1. The molecular weight excluding hydrogens is 238 g/mol. The van der Waals surface area contributed by atoms with Crippen LogP contribution in [-0.4, -0.2) is 20.3 Å². The van der Waals surface area contributed by atoms with Crippen LogP contribution in [0.2, 0.25) is 0 Å². The molecule has 0 heterocycles. The van der Waals surface area contributed by atoms with Crippen LogP contribution in [0.5, 0.6) is 0 Å². The molecule has 6 heteroatoms. The summed E-state index contributed by atoms with van der Waals surface area (Å²) in [5, 5.41) is 7.18. The first kappa shape index (κ1) is 13.7. The predicted molar refractivity (Wildman–Crippen MR) is 67.6 cm³/mol. The molecule has 1 aromatic rings. The van der Waals surface area contributed by atoms with Gasteiger partial charge in [0.25, 0.3) is 0 Å². The molecule has 0 saturated heterocycles. The van der Waals surface area contributed by atoms with Crippen molar-refractivity contribution in [2.45, 2.75) is 31.7 Å². The van der Waals surface area contributed by atoms with Crippen molar-refractivity contribution in [1.82, 2.24) is 4.72 Å². The Bertz CT molecular complexity index is 538. The zero-order valence-electron chi connectivity index (χ0n) is 10.1. The molecule has 0 saturated carbocycles.